The predicted octanol–water partition coefficient (Wildman–Crippen LogP) is 3.16. The molecule has 3 aromatic heterocycles. The molecule has 0 N–H and O–H groups in total. The van der Waals surface area contributed by atoms with Crippen LogP contribution in [0.5, 0.6) is 0 Å². The largest absolute Gasteiger partial charge is 0.443 e. The molecule has 0 saturated heterocycles. The zero-order valence-corrected chi connectivity index (χ0v) is 14.1. The van der Waals surface area contributed by atoms with E-state index in [9.17, 15) is 4.79 Å². The molecule has 7 nitrogen and oxygen atoms in total. The van der Waals surface area contributed by atoms with Crippen molar-refractivity contribution in [1.82, 2.24) is 19.4 Å². The van der Waals surface area contributed by atoms with E-state index in [0.29, 0.717) is 5.69 Å². The van der Waals surface area contributed by atoms with Crippen LogP contribution in [0.2, 0.25) is 0 Å². The quantitative estimate of drug-likeness (QED) is 0.723. The third kappa shape index (κ3) is 3.19. The Labute approximate surface area is 139 Å². The number of hydrogen-bond acceptors (Lipinski definition) is 5. The molecule has 3 heterocycles. The molecular weight excluding hydrogens is 306 g/mol. The van der Waals surface area contributed by atoms with Crippen molar-refractivity contribution in [3.8, 4) is 11.3 Å². The molecule has 0 saturated carbocycles. The van der Waals surface area contributed by atoms with Gasteiger partial charge in [0.25, 0.3) is 0 Å². The maximum Gasteiger partial charge on any atom is 0.414 e. The first kappa shape index (κ1) is 15.9. The number of hydrogen-bond donors (Lipinski definition) is 0. The molecule has 7 heteroatoms. The Morgan fingerprint density at radius 1 is 1.17 bits per heavy atom. The molecule has 0 fully saturated rings. The van der Waals surface area contributed by atoms with Gasteiger partial charge in [0.2, 0.25) is 0 Å². The van der Waals surface area contributed by atoms with Crippen molar-refractivity contribution in [3.63, 3.8) is 0 Å². The van der Waals surface area contributed by atoms with Crippen LogP contribution >= 0.6 is 0 Å². The summed E-state index contributed by atoms with van der Waals surface area (Å²) in [6.45, 7) is 5.52. The molecule has 3 aromatic rings. The minimum atomic E-state index is -0.545. The molecule has 0 spiro atoms. The molecule has 0 unspecified atom stereocenters. The van der Waals surface area contributed by atoms with E-state index in [0.717, 1.165) is 16.9 Å². The molecule has 0 aliphatic carbocycles. The van der Waals surface area contributed by atoms with Gasteiger partial charge in [-0.25, -0.2) is 19.7 Å². The van der Waals surface area contributed by atoms with E-state index in [1.807, 2.05) is 43.5 Å². The number of pyridine rings is 1. The lowest BCUT2D eigenvalue weighted by molar-refractivity contribution is 0.0589. The Kier molecular flexibility index (Phi) is 3.92. The lowest BCUT2D eigenvalue weighted by Gasteiger charge is -2.24. The van der Waals surface area contributed by atoms with Gasteiger partial charge in [0.15, 0.2) is 0 Å². The topological polar surface area (TPSA) is 72.6 Å². The van der Waals surface area contributed by atoms with E-state index in [1.54, 1.807) is 25.6 Å². The van der Waals surface area contributed by atoms with Crippen LogP contribution in [0, 0.1) is 0 Å². The van der Waals surface area contributed by atoms with Crippen LogP contribution in [0.3, 0.4) is 0 Å². The number of amides is 1. The van der Waals surface area contributed by atoms with E-state index in [2.05, 4.69) is 15.0 Å². The van der Waals surface area contributed by atoms with Crippen molar-refractivity contribution < 1.29 is 9.53 Å². The maximum absolute atomic E-state index is 12.2. The standard InChI is InChI=1S/C17H19N5O2/c1-17(2,3)24-16(23)21(4)13-5-6-15-20-9-14(22(15)10-13)12-7-18-11-19-8-12/h5-11H,1-4H3. The van der Waals surface area contributed by atoms with Gasteiger partial charge in [-0.05, 0) is 32.9 Å². The summed E-state index contributed by atoms with van der Waals surface area (Å²) in [7, 11) is 1.68. The second-order valence-corrected chi connectivity index (χ2v) is 6.43. The molecule has 1 amide bonds. The van der Waals surface area contributed by atoms with E-state index < -0.39 is 11.7 Å². The van der Waals surface area contributed by atoms with Crippen molar-refractivity contribution in [1.29, 1.82) is 0 Å². The fourth-order valence-electron chi connectivity index (χ4n) is 2.25. The first-order chi connectivity index (χ1) is 11.3. The Morgan fingerprint density at radius 2 is 1.88 bits per heavy atom. The highest BCUT2D eigenvalue weighted by atomic mass is 16.6. The van der Waals surface area contributed by atoms with Crippen LogP contribution in [0.1, 0.15) is 20.8 Å². The number of rotatable bonds is 2. The van der Waals surface area contributed by atoms with Crippen molar-refractivity contribution >= 4 is 17.4 Å². The molecule has 124 valence electrons. The zero-order valence-electron chi connectivity index (χ0n) is 14.1. The predicted molar refractivity (Wildman–Crippen MR) is 90.9 cm³/mol. The minimum absolute atomic E-state index is 0.411. The van der Waals surface area contributed by atoms with Crippen LogP contribution in [0.15, 0.2) is 43.2 Å². The fourth-order valence-corrected chi connectivity index (χ4v) is 2.25. The van der Waals surface area contributed by atoms with Crippen LogP contribution in [-0.2, 0) is 4.74 Å². The van der Waals surface area contributed by atoms with E-state index in [-0.39, 0.29) is 0 Å². The number of fused-ring (bicyclic) bond motifs is 1. The molecular formula is C17H19N5O2. The lowest BCUT2D eigenvalue weighted by atomic mass is 10.2. The number of imidazole rings is 1. The summed E-state index contributed by atoms with van der Waals surface area (Å²) in [5, 5.41) is 0. The third-order valence-corrected chi connectivity index (χ3v) is 3.40. The minimum Gasteiger partial charge on any atom is -0.443 e. The van der Waals surface area contributed by atoms with Gasteiger partial charge < -0.3 is 4.74 Å². The van der Waals surface area contributed by atoms with Gasteiger partial charge in [-0.3, -0.25) is 9.30 Å². The average molecular weight is 325 g/mol. The van der Waals surface area contributed by atoms with Crippen molar-refractivity contribution in [2.75, 3.05) is 11.9 Å². The van der Waals surface area contributed by atoms with Gasteiger partial charge in [-0.15, -0.1) is 0 Å². The Morgan fingerprint density at radius 3 is 2.54 bits per heavy atom. The van der Waals surface area contributed by atoms with Crippen molar-refractivity contribution in [3.05, 3.63) is 43.2 Å². The lowest BCUT2D eigenvalue weighted by Crippen LogP contribution is -2.34. The highest BCUT2D eigenvalue weighted by Gasteiger charge is 2.21. The Balaban J connectivity index is 1.98. The first-order valence-corrected chi connectivity index (χ1v) is 7.54. The molecule has 0 bridgehead atoms. The molecule has 24 heavy (non-hydrogen) atoms. The number of anilines is 1. The van der Waals surface area contributed by atoms with E-state index >= 15 is 0 Å². The summed E-state index contributed by atoms with van der Waals surface area (Å²) in [6.07, 6.45) is 8.11. The average Bonchev–Trinajstić information content (AvgIpc) is 2.96. The highest BCUT2D eigenvalue weighted by Crippen LogP contribution is 2.23. The monoisotopic (exact) mass is 325 g/mol. The summed E-state index contributed by atoms with van der Waals surface area (Å²) in [5.41, 5.74) is 2.63. The summed E-state index contributed by atoms with van der Waals surface area (Å²) in [4.78, 5) is 26.2. The first-order valence-electron chi connectivity index (χ1n) is 7.54. The van der Waals surface area contributed by atoms with Crippen LogP contribution in [-0.4, -0.2) is 38.1 Å². The summed E-state index contributed by atoms with van der Waals surface area (Å²) in [6, 6.07) is 3.68. The Hall–Kier alpha value is -2.96. The second kappa shape index (κ2) is 5.92. The molecule has 0 aromatic carbocycles. The molecule has 0 radical (unpaired) electrons. The summed E-state index contributed by atoms with van der Waals surface area (Å²) < 4.78 is 7.30. The molecule has 0 aliphatic rings. The number of carbonyl (C=O) groups is 1. The van der Waals surface area contributed by atoms with Crippen molar-refractivity contribution in [2.45, 2.75) is 26.4 Å². The van der Waals surface area contributed by atoms with Gasteiger partial charge in [-0.2, -0.15) is 0 Å². The normalized spacial score (nSPS) is 11.5. The van der Waals surface area contributed by atoms with Gasteiger partial charge in [0, 0.05) is 31.2 Å². The Bertz CT molecular complexity index is 868. The molecule has 3 rings (SSSR count). The van der Waals surface area contributed by atoms with Crippen LogP contribution in [0.4, 0.5) is 10.5 Å². The number of ether oxygens (including phenoxy) is 1. The zero-order chi connectivity index (χ0) is 17.3. The third-order valence-electron chi connectivity index (χ3n) is 3.40. The van der Waals surface area contributed by atoms with Gasteiger partial charge in [0.05, 0.1) is 17.6 Å². The van der Waals surface area contributed by atoms with Gasteiger partial charge >= 0.3 is 6.09 Å². The number of aromatic nitrogens is 4. The number of carbonyl (C=O) groups excluding carboxylic acids is 1. The maximum atomic E-state index is 12.2. The fraction of sp³-hybridized carbons (Fsp3) is 0.294. The highest BCUT2D eigenvalue weighted by molar-refractivity contribution is 5.87. The summed E-state index contributed by atoms with van der Waals surface area (Å²) >= 11 is 0. The summed E-state index contributed by atoms with van der Waals surface area (Å²) in [5.74, 6) is 0. The van der Waals surface area contributed by atoms with Crippen LogP contribution in [0.25, 0.3) is 16.9 Å². The smallest absolute Gasteiger partial charge is 0.414 e. The molecule has 0 atom stereocenters. The van der Waals surface area contributed by atoms with Gasteiger partial charge in [-0.1, -0.05) is 0 Å². The van der Waals surface area contributed by atoms with Crippen molar-refractivity contribution in [2.24, 2.45) is 0 Å². The second-order valence-electron chi connectivity index (χ2n) is 6.43. The van der Waals surface area contributed by atoms with Gasteiger partial charge in [0.1, 0.15) is 17.6 Å². The van der Waals surface area contributed by atoms with E-state index in [4.69, 9.17) is 4.74 Å². The number of nitrogens with zero attached hydrogens (tertiary/aromatic N) is 5. The van der Waals surface area contributed by atoms with Crippen LogP contribution < -0.4 is 4.90 Å². The SMILES string of the molecule is CN(C(=O)OC(C)(C)C)c1ccc2ncc(-c3cncnc3)n2c1. The van der Waals surface area contributed by atoms with E-state index in [1.165, 1.54) is 11.2 Å². The molecule has 0 aliphatic heterocycles.